The number of nitrogens with zero attached hydrogens (tertiary/aromatic N) is 1. The second kappa shape index (κ2) is 8.45. The van der Waals surface area contributed by atoms with Crippen molar-refractivity contribution in [3.63, 3.8) is 0 Å². The average Bonchev–Trinajstić information content (AvgIpc) is 2.94. The number of hydrogen-bond donors (Lipinski definition) is 2. The summed E-state index contributed by atoms with van der Waals surface area (Å²) in [6, 6.07) is 11.3. The summed E-state index contributed by atoms with van der Waals surface area (Å²) >= 11 is 6.44. The van der Waals surface area contributed by atoms with Crippen LogP contribution in [0.5, 0.6) is 11.5 Å². The first-order valence-electron chi connectivity index (χ1n) is 8.48. The number of aromatic hydroxyl groups is 1. The van der Waals surface area contributed by atoms with Gasteiger partial charge in [-0.15, -0.1) is 0 Å². The highest BCUT2D eigenvalue weighted by Gasteiger charge is 2.33. The molecule has 144 valence electrons. The van der Waals surface area contributed by atoms with E-state index in [-0.39, 0.29) is 11.5 Å². The van der Waals surface area contributed by atoms with Crippen molar-refractivity contribution in [2.75, 3.05) is 11.5 Å². The third-order valence-corrected chi connectivity index (χ3v) is 5.22. The zero-order valence-corrected chi connectivity index (χ0v) is 16.5. The number of amides is 1. The number of carboxylic acid groups (broad SMARTS) is 1. The van der Waals surface area contributed by atoms with Crippen LogP contribution in [0.2, 0.25) is 0 Å². The summed E-state index contributed by atoms with van der Waals surface area (Å²) < 4.78 is 5.85. The van der Waals surface area contributed by atoms with Crippen LogP contribution in [-0.4, -0.2) is 33.0 Å². The van der Waals surface area contributed by atoms with E-state index < -0.39 is 11.7 Å². The molecule has 2 N–H and O–H groups in total. The second-order valence-electron chi connectivity index (χ2n) is 5.94. The number of phenols is 1. The van der Waals surface area contributed by atoms with Crippen molar-refractivity contribution >= 4 is 51.9 Å². The Bertz CT molecular complexity index is 969. The first kappa shape index (κ1) is 19.9. The molecule has 8 heteroatoms. The molecule has 0 atom stereocenters. The number of thiocarbonyl (C=S) groups is 1. The van der Waals surface area contributed by atoms with Gasteiger partial charge < -0.3 is 14.9 Å². The van der Waals surface area contributed by atoms with E-state index in [0.717, 1.165) is 29.5 Å². The lowest BCUT2D eigenvalue weighted by atomic mass is 10.1. The number of carbonyl (C=O) groups is 2. The van der Waals surface area contributed by atoms with E-state index >= 15 is 0 Å². The van der Waals surface area contributed by atoms with Gasteiger partial charge in [-0.1, -0.05) is 43.0 Å². The molecular formula is C20H17NO5S2. The predicted octanol–water partition coefficient (Wildman–Crippen LogP) is 4.29. The van der Waals surface area contributed by atoms with Crippen molar-refractivity contribution in [2.24, 2.45) is 0 Å². The molecule has 0 aliphatic carbocycles. The smallest absolute Gasteiger partial charge is 0.339 e. The molecule has 0 saturated carbocycles. The van der Waals surface area contributed by atoms with Gasteiger partial charge >= 0.3 is 5.97 Å². The van der Waals surface area contributed by atoms with Crippen LogP contribution in [0, 0.1) is 0 Å². The van der Waals surface area contributed by atoms with Crippen LogP contribution in [-0.2, 0) is 4.79 Å². The standard InChI is InChI=1S/C20H17NO5S2/c1-2-9-26-14-6-3-12(4-7-14)10-17-18(23)21(20(27)28-17)13-5-8-15(19(24)25)16(22)11-13/h3-8,10-11,22H,2,9H2,1H3,(H,24,25)/b17-10-. The summed E-state index contributed by atoms with van der Waals surface area (Å²) in [6.45, 7) is 2.68. The van der Waals surface area contributed by atoms with Crippen LogP contribution in [0.3, 0.4) is 0 Å². The minimum Gasteiger partial charge on any atom is -0.507 e. The van der Waals surface area contributed by atoms with Crippen LogP contribution >= 0.6 is 24.0 Å². The zero-order valence-electron chi connectivity index (χ0n) is 14.9. The Morgan fingerprint density at radius 3 is 2.57 bits per heavy atom. The number of carbonyl (C=O) groups excluding carboxylic acids is 1. The highest BCUT2D eigenvalue weighted by atomic mass is 32.2. The molecule has 0 aromatic heterocycles. The number of benzene rings is 2. The second-order valence-corrected chi connectivity index (χ2v) is 7.62. The Kier molecular flexibility index (Phi) is 6.01. The monoisotopic (exact) mass is 415 g/mol. The van der Waals surface area contributed by atoms with Gasteiger partial charge in [-0.2, -0.15) is 0 Å². The molecule has 1 heterocycles. The van der Waals surface area contributed by atoms with Gasteiger partial charge in [0.15, 0.2) is 4.32 Å². The molecule has 1 aliphatic rings. The summed E-state index contributed by atoms with van der Waals surface area (Å²) in [6.07, 6.45) is 2.65. The van der Waals surface area contributed by atoms with Gasteiger partial charge in [0.25, 0.3) is 5.91 Å². The van der Waals surface area contributed by atoms with Gasteiger partial charge in [-0.05, 0) is 42.3 Å². The summed E-state index contributed by atoms with van der Waals surface area (Å²) in [5, 5.41) is 18.9. The average molecular weight is 415 g/mol. The molecule has 0 unspecified atom stereocenters. The van der Waals surface area contributed by atoms with Crippen molar-refractivity contribution in [1.82, 2.24) is 0 Å². The quantitative estimate of drug-likeness (QED) is 0.538. The van der Waals surface area contributed by atoms with E-state index in [1.807, 2.05) is 31.2 Å². The number of aromatic carboxylic acids is 1. The van der Waals surface area contributed by atoms with Crippen molar-refractivity contribution in [1.29, 1.82) is 0 Å². The first-order chi connectivity index (χ1) is 13.4. The zero-order chi connectivity index (χ0) is 20.3. The Hall–Kier alpha value is -2.84. The van der Waals surface area contributed by atoms with Crippen LogP contribution in [0.1, 0.15) is 29.3 Å². The largest absolute Gasteiger partial charge is 0.507 e. The van der Waals surface area contributed by atoms with Gasteiger partial charge in [0.2, 0.25) is 0 Å². The molecule has 1 aliphatic heterocycles. The minimum atomic E-state index is -1.25. The van der Waals surface area contributed by atoms with Gasteiger partial charge in [-0.3, -0.25) is 9.69 Å². The maximum atomic E-state index is 12.8. The number of carboxylic acids is 1. The lowest BCUT2D eigenvalue weighted by molar-refractivity contribution is -0.113. The highest BCUT2D eigenvalue weighted by molar-refractivity contribution is 8.27. The van der Waals surface area contributed by atoms with Crippen LogP contribution in [0.4, 0.5) is 5.69 Å². The third-order valence-electron chi connectivity index (χ3n) is 3.91. The topological polar surface area (TPSA) is 87.1 Å². The Balaban J connectivity index is 1.82. The van der Waals surface area contributed by atoms with Crippen molar-refractivity contribution < 1.29 is 24.5 Å². The van der Waals surface area contributed by atoms with Crippen molar-refractivity contribution in [3.05, 3.63) is 58.5 Å². The summed E-state index contributed by atoms with van der Waals surface area (Å²) in [5.41, 5.74) is 0.903. The molecule has 28 heavy (non-hydrogen) atoms. The van der Waals surface area contributed by atoms with Crippen molar-refractivity contribution in [3.8, 4) is 11.5 Å². The van der Waals surface area contributed by atoms with Gasteiger partial charge in [0.1, 0.15) is 17.1 Å². The summed E-state index contributed by atoms with van der Waals surface area (Å²) in [5.74, 6) is -1.24. The number of thioether (sulfide) groups is 1. The molecule has 1 fully saturated rings. The molecule has 2 aromatic rings. The normalized spacial score (nSPS) is 15.3. The molecule has 2 aromatic carbocycles. The molecule has 0 radical (unpaired) electrons. The SMILES string of the molecule is CCCOc1ccc(/C=C2\SC(=S)N(c3ccc(C(=O)O)c(O)c3)C2=O)cc1. The lowest BCUT2D eigenvalue weighted by Crippen LogP contribution is -2.27. The van der Waals surface area contributed by atoms with Gasteiger partial charge in [0.05, 0.1) is 17.2 Å². The number of hydrogen-bond acceptors (Lipinski definition) is 6. The first-order valence-corrected chi connectivity index (χ1v) is 9.70. The lowest BCUT2D eigenvalue weighted by Gasteiger charge is -2.15. The van der Waals surface area contributed by atoms with Crippen LogP contribution < -0.4 is 9.64 Å². The number of ether oxygens (including phenoxy) is 1. The third kappa shape index (κ3) is 4.18. The van der Waals surface area contributed by atoms with E-state index in [0.29, 0.717) is 21.5 Å². The van der Waals surface area contributed by atoms with E-state index in [1.165, 1.54) is 23.1 Å². The number of rotatable bonds is 6. The maximum absolute atomic E-state index is 12.8. The van der Waals surface area contributed by atoms with E-state index in [9.17, 15) is 14.7 Å². The Morgan fingerprint density at radius 1 is 1.25 bits per heavy atom. The van der Waals surface area contributed by atoms with Crippen LogP contribution in [0.15, 0.2) is 47.4 Å². The fourth-order valence-corrected chi connectivity index (χ4v) is 3.86. The molecule has 6 nitrogen and oxygen atoms in total. The highest BCUT2D eigenvalue weighted by Crippen LogP contribution is 2.37. The van der Waals surface area contributed by atoms with Gasteiger partial charge in [0, 0.05) is 6.07 Å². The maximum Gasteiger partial charge on any atom is 0.339 e. The fourth-order valence-electron chi connectivity index (χ4n) is 2.56. The summed E-state index contributed by atoms with van der Waals surface area (Å²) in [4.78, 5) is 25.5. The summed E-state index contributed by atoms with van der Waals surface area (Å²) in [7, 11) is 0. The fraction of sp³-hybridized carbons (Fsp3) is 0.150. The molecule has 3 rings (SSSR count). The molecule has 0 bridgehead atoms. The molecule has 1 saturated heterocycles. The van der Waals surface area contributed by atoms with Crippen molar-refractivity contribution in [2.45, 2.75) is 13.3 Å². The molecule has 1 amide bonds. The molecular weight excluding hydrogens is 398 g/mol. The molecule has 0 spiro atoms. The Labute approximate surface area is 171 Å². The van der Waals surface area contributed by atoms with Crippen LogP contribution in [0.25, 0.3) is 6.08 Å². The van der Waals surface area contributed by atoms with E-state index in [1.54, 1.807) is 6.08 Å². The van der Waals surface area contributed by atoms with E-state index in [2.05, 4.69) is 0 Å². The predicted molar refractivity (Wildman–Crippen MR) is 113 cm³/mol. The Morgan fingerprint density at radius 2 is 1.96 bits per heavy atom. The number of anilines is 1. The minimum absolute atomic E-state index is 0.241. The van der Waals surface area contributed by atoms with E-state index in [4.69, 9.17) is 22.1 Å². The van der Waals surface area contributed by atoms with Gasteiger partial charge in [-0.25, -0.2) is 4.79 Å².